The molecular formula is C21H20FN9O. The summed E-state index contributed by atoms with van der Waals surface area (Å²) < 4.78 is 22.7. The number of halogens is 1. The van der Waals surface area contributed by atoms with Crippen molar-refractivity contribution in [2.45, 2.75) is 18.9 Å². The summed E-state index contributed by atoms with van der Waals surface area (Å²) in [5.41, 5.74) is 7.63. The van der Waals surface area contributed by atoms with Gasteiger partial charge >= 0.3 is 0 Å². The van der Waals surface area contributed by atoms with Gasteiger partial charge in [-0.05, 0) is 25.0 Å². The van der Waals surface area contributed by atoms with E-state index >= 15 is 0 Å². The zero-order chi connectivity index (χ0) is 22.2. The highest BCUT2D eigenvalue weighted by Crippen LogP contribution is 2.31. The van der Waals surface area contributed by atoms with E-state index in [0.29, 0.717) is 52.5 Å². The lowest BCUT2D eigenvalue weighted by atomic mass is 10.1. The lowest BCUT2D eigenvalue weighted by Gasteiger charge is -2.25. The lowest BCUT2D eigenvalue weighted by molar-refractivity contribution is 0.0708. The first-order valence-corrected chi connectivity index (χ1v) is 10.0. The number of aromatic nitrogens is 8. The van der Waals surface area contributed by atoms with Crippen LogP contribution in [0.2, 0.25) is 0 Å². The third kappa shape index (κ3) is 3.52. The number of fused-ring (bicyclic) bond motifs is 1. The number of imidazole rings is 2. The first-order chi connectivity index (χ1) is 15.5. The van der Waals surface area contributed by atoms with Crippen molar-refractivity contribution in [3.8, 4) is 17.5 Å². The Kier molecular flexibility index (Phi) is 4.94. The van der Waals surface area contributed by atoms with Crippen molar-refractivity contribution in [1.29, 1.82) is 0 Å². The van der Waals surface area contributed by atoms with Crippen molar-refractivity contribution < 1.29 is 9.13 Å². The second-order valence-electron chi connectivity index (χ2n) is 7.37. The van der Waals surface area contributed by atoms with Gasteiger partial charge < -0.3 is 15.0 Å². The molecule has 32 heavy (non-hydrogen) atoms. The molecule has 1 aliphatic rings. The van der Waals surface area contributed by atoms with E-state index in [9.17, 15) is 4.39 Å². The molecule has 11 heteroatoms. The fourth-order valence-electron chi connectivity index (χ4n) is 3.82. The Bertz CT molecular complexity index is 1440. The minimum absolute atomic E-state index is 0.102. The molecular weight excluding hydrogens is 413 g/mol. The summed E-state index contributed by atoms with van der Waals surface area (Å²) in [7, 11) is 0. The molecule has 0 radical (unpaired) electrons. The van der Waals surface area contributed by atoms with E-state index in [1.165, 1.54) is 12.4 Å². The number of hydrogen-bond acceptors (Lipinski definition) is 8. The van der Waals surface area contributed by atoms with Gasteiger partial charge in [0.1, 0.15) is 23.4 Å². The van der Waals surface area contributed by atoms with Crippen LogP contribution in [0.3, 0.4) is 0 Å². The van der Waals surface area contributed by atoms with Gasteiger partial charge in [0.15, 0.2) is 11.5 Å². The fourth-order valence-corrected chi connectivity index (χ4v) is 3.82. The van der Waals surface area contributed by atoms with Crippen LogP contribution in [0.15, 0.2) is 37.2 Å². The molecule has 0 aromatic carbocycles. The Morgan fingerprint density at radius 2 is 2.00 bits per heavy atom. The zero-order valence-electron chi connectivity index (χ0n) is 17.1. The SMILES string of the molecule is C=C(F)/C=c1\c(=C)ncn1-c1ncc2nc(-c3ccnc(N)n3)n(C3CCOCC3)c2n1. The van der Waals surface area contributed by atoms with Gasteiger partial charge in [0.2, 0.25) is 11.9 Å². The molecule has 1 saturated heterocycles. The van der Waals surface area contributed by atoms with E-state index in [1.807, 2.05) is 4.57 Å². The van der Waals surface area contributed by atoms with Crippen LogP contribution in [-0.2, 0) is 4.74 Å². The largest absolute Gasteiger partial charge is 0.381 e. The molecule has 0 aliphatic carbocycles. The molecule has 0 spiro atoms. The normalized spacial score (nSPS) is 15.5. The fraction of sp³-hybridized carbons (Fsp3) is 0.238. The minimum atomic E-state index is -0.617. The first-order valence-electron chi connectivity index (χ1n) is 10.0. The lowest BCUT2D eigenvalue weighted by Crippen LogP contribution is -2.29. The van der Waals surface area contributed by atoms with Gasteiger partial charge in [0.25, 0.3) is 0 Å². The Hall–Kier alpha value is -3.99. The Balaban J connectivity index is 1.74. The smallest absolute Gasteiger partial charge is 0.237 e. The first kappa shape index (κ1) is 19.9. The summed E-state index contributed by atoms with van der Waals surface area (Å²) in [6.45, 7) is 8.41. The van der Waals surface area contributed by atoms with Crippen LogP contribution in [0, 0.1) is 0 Å². The molecule has 10 nitrogen and oxygen atoms in total. The van der Waals surface area contributed by atoms with Crippen molar-refractivity contribution in [2.75, 3.05) is 18.9 Å². The monoisotopic (exact) mass is 433 g/mol. The molecule has 162 valence electrons. The highest BCUT2D eigenvalue weighted by Gasteiger charge is 2.25. The van der Waals surface area contributed by atoms with E-state index in [0.717, 1.165) is 12.8 Å². The minimum Gasteiger partial charge on any atom is -0.381 e. The zero-order valence-corrected chi connectivity index (χ0v) is 17.1. The summed E-state index contributed by atoms with van der Waals surface area (Å²) >= 11 is 0. The van der Waals surface area contributed by atoms with Gasteiger partial charge in [-0.3, -0.25) is 4.57 Å². The Morgan fingerprint density at radius 1 is 1.19 bits per heavy atom. The number of anilines is 1. The summed E-state index contributed by atoms with van der Waals surface area (Å²) in [6, 6.07) is 1.86. The molecule has 0 atom stereocenters. The maximum absolute atomic E-state index is 13.5. The average Bonchev–Trinajstić information content (AvgIpc) is 3.34. The molecule has 1 aliphatic heterocycles. The number of rotatable bonds is 4. The predicted molar refractivity (Wildman–Crippen MR) is 116 cm³/mol. The quantitative estimate of drug-likeness (QED) is 0.507. The molecule has 0 saturated carbocycles. The third-order valence-electron chi connectivity index (χ3n) is 5.27. The van der Waals surface area contributed by atoms with Crippen LogP contribution in [0.4, 0.5) is 10.3 Å². The highest BCUT2D eigenvalue weighted by molar-refractivity contribution is 5.76. The third-order valence-corrected chi connectivity index (χ3v) is 5.27. The van der Waals surface area contributed by atoms with E-state index in [-0.39, 0.29) is 12.0 Å². The summed E-state index contributed by atoms with van der Waals surface area (Å²) in [5.74, 6) is 0.482. The molecule has 0 amide bonds. The van der Waals surface area contributed by atoms with Crippen LogP contribution in [0.25, 0.3) is 41.3 Å². The predicted octanol–water partition coefficient (Wildman–Crippen LogP) is 1.08. The maximum atomic E-state index is 13.5. The molecule has 0 unspecified atom stereocenters. The molecule has 4 aromatic heterocycles. The van der Waals surface area contributed by atoms with Crippen LogP contribution in [0.1, 0.15) is 18.9 Å². The van der Waals surface area contributed by atoms with Crippen molar-refractivity contribution in [3.63, 3.8) is 0 Å². The summed E-state index contributed by atoms with van der Waals surface area (Å²) in [5, 5.41) is 0.806. The van der Waals surface area contributed by atoms with Gasteiger partial charge in [-0.1, -0.05) is 13.2 Å². The number of nitrogens with zero attached hydrogens (tertiary/aromatic N) is 8. The van der Waals surface area contributed by atoms with Gasteiger partial charge in [-0.25, -0.2) is 29.3 Å². The molecule has 4 aromatic rings. The second kappa shape index (κ2) is 7.93. The topological polar surface area (TPSA) is 122 Å². The second-order valence-corrected chi connectivity index (χ2v) is 7.37. The van der Waals surface area contributed by atoms with Crippen molar-refractivity contribution in [1.82, 2.24) is 39.0 Å². The molecule has 0 bridgehead atoms. The van der Waals surface area contributed by atoms with Crippen molar-refractivity contribution >= 4 is 29.8 Å². The molecule has 2 N–H and O–H groups in total. The van der Waals surface area contributed by atoms with Gasteiger partial charge in [-0.2, -0.15) is 4.98 Å². The van der Waals surface area contributed by atoms with Crippen molar-refractivity contribution in [3.05, 3.63) is 47.9 Å². The van der Waals surface area contributed by atoms with Gasteiger partial charge in [0, 0.05) is 25.5 Å². The van der Waals surface area contributed by atoms with Crippen molar-refractivity contribution in [2.24, 2.45) is 0 Å². The average molecular weight is 433 g/mol. The van der Waals surface area contributed by atoms with Crippen LogP contribution in [0.5, 0.6) is 0 Å². The molecule has 5 rings (SSSR count). The van der Waals surface area contributed by atoms with Gasteiger partial charge in [-0.15, -0.1) is 0 Å². The number of ether oxygens (including phenoxy) is 1. The van der Waals surface area contributed by atoms with Crippen LogP contribution in [-0.4, -0.2) is 52.3 Å². The summed E-state index contributed by atoms with van der Waals surface area (Å²) in [6.07, 6.45) is 7.56. The number of nitrogen functional groups attached to an aromatic ring is 1. The number of nitrogens with two attached hydrogens (primary N) is 1. The van der Waals surface area contributed by atoms with Gasteiger partial charge in [0.05, 0.1) is 16.9 Å². The van der Waals surface area contributed by atoms with Crippen LogP contribution >= 0.6 is 0 Å². The van der Waals surface area contributed by atoms with E-state index in [2.05, 4.69) is 33.1 Å². The van der Waals surface area contributed by atoms with E-state index < -0.39 is 5.83 Å². The highest BCUT2D eigenvalue weighted by atomic mass is 19.1. The number of allylic oxidation sites excluding steroid dienone is 1. The standard InChI is InChI=1S/C21H20FN9O/c1-12(22)9-17-13(2)26-11-30(17)21-25-10-16-19(29-21)31(14-4-7-32-8-5-14)18(27-16)15-3-6-24-20(23)28-15/h3,6,9-11,14H,1-2,4-5,7-8H2,(H2,23,24,28)/b17-9+. The Morgan fingerprint density at radius 3 is 2.75 bits per heavy atom. The molecule has 5 heterocycles. The summed E-state index contributed by atoms with van der Waals surface area (Å²) in [4.78, 5) is 26.4. The number of hydrogen-bond donors (Lipinski definition) is 1. The van der Waals surface area contributed by atoms with E-state index in [1.54, 1.807) is 23.0 Å². The maximum Gasteiger partial charge on any atom is 0.237 e. The molecule has 1 fully saturated rings. The van der Waals surface area contributed by atoms with Crippen LogP contribution < -0.4 is 16.4 Å². The van der Waals surface area contributed by atoms with E-state index in [4.69, 9.17) is 20.4 Å². The Labute approximate surface area is 181 Å².